The molecule has 0 aliphatic heterocycles. The van der Waals surface area contributed by atoms with Gasteiger partial charge in [0.05, 0.1) is 10.2 Å². The van der Waals surface area contributed by atoms with E-state index in [2.05, 4.69) is 46.8 Å². The summed E-state index contributed by atoms with van der Waals surface area (Å²) in [5, 5.41) is 0.407. The third-order valence-corrected chi connectivity index (χ3v) is 4.16. The van der Waals surface area contributed by atoms with E-state index in [4.69, 9.17) is 11.6 Å². The second-order valence-corrected chi connectivity index (χ2v) is 5.29. The largest absolute Gasteiger partial charge is 0.252 e. The van der Waals surface area contributed by atoms with E-state index < -0.39 is 0 Å². The summed E-state index contributed by atoms with van der Waals surface area (Å²) >= 11 is 12.9. The van der Waals surface area contributed by atoms with Crippen LogP contribution in [0.3, 0.4) is 0 Å². The van der Waals surface area contributed by atoms with E-state index in [9.17, 15) is 0 Å². The van der Waals surface area contributed by atoms with Gasteiger partial charge < -0.3 is 0 Å². The molecule has 0 atom stereocenters. The average Bonchev–Trinajstić information content (AvgIpc) is 2.33. The molecule has 0 spiro atoms. The van der Waals surface area contributed by atoms with Crippen molar-refractivity contribution in [1.82, 2.24) is 15.0 Å². The summed E-state index contributed by atoms with van der Waals surface area (Å²) in [5.74, 6) is 0.530. The van der Waals surface area contributed by atoms with Crippen molar-refractivity contribution in [1.29, 1.82) is 0 Å². The molecule has 0 saturated heterocycles. The van der Waals surface area contributed by atoms with Gasteiger partial charge in [-0.2, -0.15) is 0 Å². The van der Waals surface area contributed by atoms with Crippen molar-refractivity contribution in [2.75, 3.05) is 0 Å². The molecule has 2 aromatic heterocycles. The van der Waals surface area contributed by atoms with Crippen molar-refractivity contribution in [3.05, 3.63) is 38.1 Å². The smallest absolute Gasteiger partial charge is 0.181 e. The van der Waals surface area contributed by atoms with Crippen molar-refractivity contribution in [2.24, 2.45) is 0 Å². The number of halogens is 3. The van der Waals surface area contributed by atoms with Crippen LogP contribution in [-0.2, 0) is 6.42 Å². The summed E-state index contributed by atoms with van der Waals surface area (Å²) in [4.78, 5) is 12.9. The molecule has 2 rings (SSSR count). The van der Waals surface area contributed by atoms with Gasteiger partial charge in [-0.1, -0.05) is 18.5 Å². The third kappa shape index (κ3) is 2.67. The highest BCUT2D eigenvalue weighted by atomic mass is 79.9. The second-order valence-electron chi connectivity index (χ2n) is 3.29. The normalized spacial score (nSPS) is 10.6. The maximum atomic E-state index is 6.06. The van der Waals surface area contributed by atoms with E-state index in [1.807, 2.05) is 19.1 Å². The molecule has 0 aromatic carbocycles. The molecule has 0 fully saturated rings. The van der Waals surface area contributed by atoms with Crippen LogP contribution in [0.2, 0.25) is 5.15 Å². The second kappa shape index (κ2) is 5.42. The fourth-order valence-corrected chi connectivity index (χ4v) is 2.43. The highest BCUT2D eigenvalue weighted by molar-refractivity contribution is 9.11. The first-order valence-electron chi connectivity index (χ1n) is 4.96. The molecule has 0 bridgehead atoms. The Kier molecular flexibility index (Phi) is 4.12. The zero-order valence-electron chi connectivity index (χ0n) is 8.91. The lowest BCUT2D eigenvalue weighted by Gasteiger charge is -2.07. The number of hydrogen-bond donors (Lipinski definition) is 0. The average molecular weight is 377 g/mol. The molecule has 0 saturated carbocycles. The van der Waals surface area contributed by atoms with Gasteiger partial charge in [0.1, 0.15) is 10.8 Å². The van der Waals surface area contributed by atoms with Gasteiger partial charge in [-0.15, -0.1) is 0 Å². The number of aryl methyl sites for hydroxylation is 1. The Morgan fingerprint density at radius 3 is 2.71 bits per heavy atom. The van der Waals surface area contributed by atoms with Crippen molar-refractivity contribution in [2.45, 2.75) is 13.3 Å². The molecule has 0 unspecified atom stereocenters. The van der Waals surface area contributed by atoms with Gasteiger partial charge in [-0.3, -0.25) is 4.98 Å². The molecule has 6 heteroatoms. The van der Waals surface area contributed by atoms with Crippen LogP contribution in [0.1, 0.15) is 12.6 Å². The fraction of sp³-hybridized carbons (Fsp3) is 0.182. The summed E-state index contributed by atoms with van der Waals surface area (Å²) in [6, 6.07) is 3.74. The molecule has 0 N–H and O–H groups in total. The number of pyridine rings is 1. The lowest BCUT2D eigenvalue weighted by Crippen LogP contribution is -1.99. The van der Waals surface area contributed by atoms with Crippen LogP contribution in [0.15, 0.2) is 27.3 Å². The van der Waals surface area contributed by atoms with Crippen molar-refractivity contribution < 1.29 is 0 Å². The van der Waals surface area contributed by atoms with Crippen molar-refractivity contribution in [3.8, 4) is 11.5 Å². The van der Waals surface area contributed by atoms with E-state index in [0.29, 0.717) is 16.7 Å². The maximum absolute atomic E-state index is 6.06. The predicted molar refractivity (Wildman–Crippen MR) is 75.1 cm³/mol. The standard InChI is InChI=1S/C11H8Br2ClN3/c1-2-7-8(13)10(14)17-11(16-7)9-6(12)4-3-5-15-9/h3-5H,2H2,1H3. The van der Waals surface area contributed by atoms with E-state index in [-0.39, 0.29) is 0 Å². The Bertz CT molecular complexity index is 560. The van der Waals surface area contributed by atoms with Crippen LogP contribution in [-0.4, -0.2) is 15.0 Å². The van der Waals surface area contributed by atoms with Gasteiger partial charge in [0.2, 0.25) is 0 Å². The summed E-state index contributed by atoms with van der Waals surface area (Å²) < 4.78 is 1.60. The number of rotatable bonds is 2. The number of aromatic nitrogens is 3. The molecular weight excluding hydrogens is 369 g/mol. The molecule has 2 heterocycles. The molecule has 2 aromatic rings. The molecule has 0 aliphatic carbocycles. The Labute approximate surface area is 121 Å². The van der Waals surface area contributed by atoms with Crippen molar-refractivity contribution >= 4 is 43.5 Å². The first-order chi connectivity index (χ1) is 8.13. The topological polar surface area (TPSA) is 38.7 Å². The van der Waals surface area contributed by atoms with Gasteiger partial charge in [0.25, 0.3) is 0 Å². The third-order valence-electron chi connectivity index (χ3n) is 2.18. The molecule has 17 heavy (non-hydrogen) atoms. The summed E-state index contributed by atoms with van der Waals surface area (Å²) in [6.07, 6.45) is 2.48. The van der Waals surface area contributed by atoms with Crippen LogP contribution < -0.4 is 0 Å². The molecule has 0 amide bonds. The monoisotopic (exact) mass is 375 g/mol. The summed E-state index contributed by atoms with van der Waals surface area (Å²) in [6.45, 7) is 2.01. The fourth-order valence-electron chi connectivity index (χ4n) is 1.35. The Hall–Kier alpha value is -0.520. The maximum Gasteiger partial charge on any atom is 0.181 e. The van der Waals surface area contributed by atoms with Gasteiger partial charge in [-0.05, 0) is 50.4 Å². The molecular formula is C11H8Br2ClN3. The summed E-state index contributed by atoms with van der Waals surface area (Å²) in [5.41, 5.74) is 1.56. The molecule has 3 nitrogen and oxygen atoms in total. The first kappa shape index (κ1) is 12.9. The van der Waals surface area contributed by atoms with E-state index in [1.54, 1.807) is 6.20 Å². The van der Waals surface area contributed by atoms with Crippen LogP contribution in [0.4, 0.5) is 0 Å². The highest BCUT2D eigenvalue weighted by Gasteiger charge is 2.13. The molecule has 0 aliphatic rings. The molecule has 88 valence electrons. The SMILES string of the molecule is CCc1nc(-c2ncccc2Br)nc(Cl)c1Br. The van der Waals surface area contributed by atoms with E-state index in [1.165, 1.54) is 0 Å². The highest BCUT2D eigenvalue weighted by Crippen LogP contribution is 2.29. The van der Waals surface area contributed by atoms with E-state index in [0.717, 1.165) is 21.1 Å². The van der Waals surface area contributed by atoms with Crippen LogP contribution >= 0.6 is 43.5 Å². The van der Waals surface area contributed by atoms with Crippen molar-refractivity contribution in [3.63, 3.8) is 0 Å². The van der Waals surface area contributed by atoms with Crippen LogP contribution in [0.25, 0.3) is 11.5 Å². The van der Waals surface area contributed by atoms with Gasteiger partial charge in [-0.25, -0.2) is 9.97 Å². The zero-order chi connectivity index (χ0) is 12.4. The Morgan fingerprint density at radius 2 is 2.06 bits per heavy atom. The minimum Gasteiger partial charge on any atom is -0.252 e. The number of hydrogen-bond acceptors (Lipinski definition) is 3. The Morgan fingerprint density at radius 1 is 1.29 bits per heavy atom. The minimum atomic E-state index is 0.407. The quantitative estimate of drug-likeness (QED) is 0.734. The van der Waals surface area contributed by atoms with Gasteiger partial charge in [0, 0.05) is 10.7 Å². The van der Waals surface area contributed by atoms with Gasteiger partial charge in [0.15, 0.2) is 5.82 Å². The van der Waals surface area contributed by atoms with Crippen LogP contribution in [0, 0.1) is 0 Å². The van der Waals surface area contributed by atoms with Gasteiger partial charge >= 0.3 is 0 Å². The minimum absolute atomic E-state index is 0.407. The lowest BCUT2D eigenvalue weighted by molar-refractivity contribution is 0.983. The van der Waals surface area contributed by atoms with E-state index >= 15 is 0 Å². The zero-order valence-corrected chi connectivity index (χ0v) is 12.8. The van der Waals surface area contributed by atoms with Crippen LogP contribution in [0.5, 0.6) is 0 Å². The molecule has 0 radical (unpaired) electrons. The predicted octanol–water partition coefficient (Wildman–Crippen LogP) is 4.28. The summed E-state index contributed by atoms with van der Waals surface area (Å²) in [7, 11) is 0. The lowest BCUT2D eigenvalue weighted by atomic mass is 10.3. The number of nitrogens with zero attached hydrogens (tertiary/aromatic N) is 3. The first-order valence-corrected chi connectivity index (χ1v) is 6.92. The Balaban J connectivity index is 2.61.